The number of aryl methyl sites for hydroxylation is 1. The van der Waals surface area contributed by atoms with Gasteiger partial charge in [-0.25, -0.2) is 14.8 Å². The van der Waals surface area contributed by atoms with Crippen molar-refractivity contribution in [1.29, 1.82) is 0 Å². The number of rotatable bonds is 16. The number of aliphatic imine (C=N–C) groups is 1. The van der Waals surface area contributed by atoms with E-state index in [2.05, 4.69) is 22.2 Å². The van der Waals surface area contributed by atoms with Crippen LogP contribution < -0.4 is 16.0 Å². The molecule has 0 aliphatic heterocycles. The lowest BCUT2D eigenvalue weighted by molar-refractivity contribution is -0.137. The van der Waals surface area contributed by atoms with Crippen molar-refractivity contribution in [3.8, 4) is 0 Å². The summed E-state index contributed by atoms with van der Waals surface area (Å²) >= 11 is 0. The van der Waals surface area contributed by atoms with E-state index in [0.29, 0.717) is 61.3 Å². The Bertz CT molecular complexity index is 1890. The summed E-state index contributed by atoms with van der Waals surface area (Å²) in [6, 6.07) is 18.0. The lowest BCUT2D eigenvalue weighted by atomic mass is 10.1. The van der Waals surface area contributed by atoms with Crippen molar-refractivity contribution < 1.29 is 37.2 Å². The van der Waals surface area contributed by atoms with Crippen LogP contribution in [0.3, 0.4) is 0 Å². The molecule has 2 amide bonds. The lowest BCUT2D eigenvalue weighted by Crippen LogP contribution is -2.32. The molecule has 15 nitrogen and oxygen atoms in total. The van der Waals surface area contributed by atoms with Crippen LogP contribution in [-0.2, 0) is 33.2 Å². The molecular formula is C35H45N7O8S. The highest BCUT2D eigenvalue weighted by atomic mass is 32.2. The molecule has 274 valence electrons. The Labute approximate surface area is 297 Å². The van der Waals surface area contributed by atoms with Crippen molar-refractivity contribution >= 4 is 56.5 Å². The largest absolute Gasteiger partial charge is 0.481 e. The molecule has 51 heavy (non-hydrogen) atoms. The number of carboxylic acid groups (broad SMARTS) is 1. The van der Waals surface area contributed by atoms with E-state index in [1.54, 1.807) is 47.5 Å². The second-order valence-electron chi connectivity index (χ2n) is 11.6. The minimum absolute atomic E-state index is 0.0448. The van der Waals surface area contributed by atoms with Gasteiger partial charge < -0.3 is 25.5 Å². The molecule has 4 rings (SSSR count). The molecule has 0 fully saturated rings. The van der Waals surface area contributed by atoms with Gasteiger partial charge in [-0.05, 0) is 73.9 Å². The molecule has 0 aliphatic rings. The number of pyridine rings is 1. The summed E-state index contributed by atoms with van der Waals surface area (Å²) in [6.07, 6.45) is 6.71. The van der Waals surface area contributed by atoms with Gasteiger partial charge in [0.2, 0.25) is 0 Å². The zero-order chi connectivity index (χ0) is 37.4. The fourth-order valence-corrected chi connectivity index (χ4v) is 4.90. The van der Waals surface area contributed by atoms with Gasteiger partial charge in [-0.3, -0.25) is 19.0 Å². The number of aromatic nitrogens is 3. The maximum Gasteiger partial charge on any atom is 0.435 e. The van der Waals surface area contributed by atoms with Crippen molar-refractivity contribution in [2.24, 2.45) is 17.8 Å². The molecule has 16 heteroatoms. The van der Waals surface area contributed by atoms with E-state index < -0.39 is 22.2 Å². The third-order valence-corrected chi connectivity index (χ3v) is 7.48. The number of imidazole rings is 1. The number of carbonyl (C=O) groups is 3. The number of nitrogens with two attached hydrogens (primary N) is 1. The van der Waals surface area contributed by atoms with Crippen molar-refractivity contribution in [2.75, 3.05) is 29.6 Å². The zero-order valence-electron chi connectivity index (χ0n) is 29.0. The molecule has 0 atom stereocenters. The van der Waals surface area contributed by atoms with Crippen molar-refractivity contribution in [3.05, 3.63) is 83.8 Å². The second kappa shape index (κ2) is 19.7. The number of nitrogens with one attached hydrogen (secondary N) is 1. The average Bonchev–Trinajstić information content (AvgIpc) is 3.40. The van der Waals surface area contributed by atoms with E-state index in [0.717, 1.165) is 42.7 Å². The maximum absolute atomic E-state index is 13.6. The normalized spacial score (nSPS) is 11.4. The number of benzene rings is 2. The van der Waals surface area contributed by atoms with Gasteiger partial charge in [0, 0.05) is 43.0 Å². The molecular weight excluding hydrogens is 678 g/mol. The van der Waals surface area contributed by atoms with E-state index in [9.17, 15) is 22.8 Å². The number of ether oxygens (including phenoxy) is 1. The minimum atomic E-state index is -3.67. The van der Waals surface area contributed by atoms with Gasteiger partial charge in [-0.15, -0.1) is 0 Å². The van der Waals surface area contributed by atoms with E-state index in [4.69, 9.17) is 25.1 Å². The van der Waals surface area contributed by atoms with E-state index in [-0.39, 0.29) is 18.2 Å². The first kappa shape index (κ1) is 40.1. The van der Waals surface area contributed by atoms with Gasteiger partial charge >= 0.3 is 12.1 Å². The summed E-state index contributed by atoms with van der Waals surface area (Å²) in [5.74, 6) is 0.268. The van der Waals surface area contributed by atoms with Crippen LogP contribution in [0.15, 0.2) is 71.9 Å². The highest BCUT2D eigenvalue weighted by Gasteiger charge is 2.20. The van der Waals surface area contributed by atoms with Gasteiger partial charge in [0.25, 0.3) is 16.0 Å². The molecule has 0 saturated carbocycles. The Morgan fingerprint density at radius 2 is 1.71 bits per heavy atom. The topological polar surface area (TPSA) is 219 Å². The number of amidine groups is 1. The summed E-state index contributed by atoms with van der Waals surface area (Å²) in [6.45, 7) is 3.22. The highest BCUT2D eigenvalue weighted by Crippen LogP contribution is 2.22. The SMILES string of the molecule is CCCCCCOC(=O)/N=C(/N)c1ccc(NCc2nc3cc(C(=O)N(CCCCC(=O)O)c4ccccn4)ccc3n2C)cc1.CS(=O)(=O)O. The summed E-state index contributed by atoms with van der Waals surface area (Å²) in [4.78, 5) is 51.1. The van der Waals surface area contributed by atoms with Crippen LogP contribution in [0.4, 0.5) is 16.3 Å². The van der Waals surface area contributed by atoms with Crippen molar-refractivity contribution in [1.82, 2.24) is 14.5 Å². The number of amides is 2. The molecule has 0 radical (unpaired) electrons. The molecule has 0 unspecified atom stereocenters. The Morgan fingerprint density at radius 3 is 2.35 bits per heavy atom. The quantitative estimate of drug-likeness (QED) is 0.0494. The number of aliphatic carboxylic acids is 1. The molecule has 0 saturated heterocycles. The first-order valence-electron chi connectivity index (χ1n) is 16.4. The fraction of sp³-hybridized carbons (Fsp3) is 0.371. The molecule has 0 bridgehead atoms. The molecule has 5 N–H and O–H groups in total. The Hall–Kier alpha value is -5.35. The van der Waals surface area contributed by atoms with Gasteiger partial charge in [0.05, 0.1) is 30.4 Å². The monoisotopic (exact) mass is 723 g/mol. The summed E-state index contributed by atoms with van der Waals surface area (Å²) in [5, 5.41) is 12.3. The van der Waals surface area contributed by atoms with Gasteiger partial charge in [0.15, 0.2) is 0 Å². The summed E-state index contributed by atoms with van der Waals surface area (Å²) < 4.78 is 33.0. The predicted octanol–water partition coefficient (Wildman–Crippen LogP) is 5.41. The number of hydrogen-bond acceptors (Lipinski definition) is 9. The molecule has 2 heterocycles. The van der Waals surface area contributed by atoms with Crippen molar-refractivity contribution in [3.63, 3.8) is 0 Å². The van der Waals surface area contributed by atoms with Crippen LogP contribution in [0.25, 0.3) is 11.0 Å². The number of anilines is 2. The van der Waals surface area contributed by atoms with E-state index in [1.165, 1.54) is 0 Å². The molecule has 2 aromatic carbocycles. The van der Waals surface area contributed by atoms with Gasteiger partial charge in [-0.1, -0.05) is 32.3 Å². The van der Waals surface area contributed by atoms with E-state index in [1.807, 2.05) is 35.9 Å². The number of unbranched alkanes of at least 4 members (excludes halogenated alkanes) is 4. The van der Waals surface area contributed by atoms with Crippen LogP contribution >= 0.6 is 0 Å². The first-order valence-corrected chi connectivity index (χ1v) is 18.3. The van der Waals surface area contributed by atoms with Crippen molar-refractivity contribution in [2.45, 2.75) is 58.4 Å². The van der Waals surface area contributed by atoms with Crippen LogP contribution in [0, 0.1) is 0 Å². The van der Waals surface area contributed by atoms with E-state index >= 15 is 0 Å². The molecule has 0 spiro atoms. The Balaban J connectivity index is 0.00000131. The average molecular weight is 724 g/mol. The third-order valence-electron chi connectivity index (χ3n) is 7.48. The zero-order valence-corrected chi connectivity index (χ0v) is 29.8. The van der Waals surface area contributed by atoms with Crippen LogP contribution in [0.5, 0.6) is 0 Å². The number of hydrogen-bond donors (Lipinski definition) is 4. The number of carbonyl (C=O) groups excluding carboxylic acids is 2. The number of nitrogens with zero attached hydrogens (tertiary/aromatic N) is 5. The Kier molecular flexibility index (Phi) is 15.5. The highest BCUT2D eigenvalue weighted by molar-refractivity contribution is 7.85. The minimum Gasteiger partial charge on any atom is -0.481 e. The molecule has 4 aromatic rings. The van der Waals surface area contributed by atoms with Crippen LogP contribution in [0.2, 0.25) is 0 Å². The number of fused-ring (bicyclic) bond motifs is 1. The molecule has 0 aliphatic carbocycles. The fourth-order valence-electron chi connectivity index (χ4n) is 4.90. The summed E-state index contributed by atoms with van der Waals surface area (Å²) in [7, 11) is -1.75. The summed E-state index contributed by atoms with van der Waals surface area (Å²) in [5.41, 5.74) is 9.46. The smallest absolute Gasteiger partial charge is 0.435 e. The van der Waals surface area contributed by atoms with Crippen LogP contribution in [0.1, 0.15) is 73.6 Å². The van der Waals surface area contributed by atoms with Gasteiger partial charge in [-0.2, -0.15) is 13.4 Å². The Morgan fingerprint density at radius 1 is 1.00 bits per heavy atom. The van der Waals surface area contributed by atoms with Crippen LogP contribution in [-0.4, -0.2) is 75.8 Å². The van der Waals surface area contributed by atoms with Gasteiger partial charge in [0.1, 0.15) is 17.5 Å². The standard InChI is InChI=1S/C34H41N7O5.CH4O3S/c1-3-4-5-10-21-46-34(45)39-32(35)24-13-16-26(17-14-24)37-23-30-38-27-22-25(15-18-28(27)40(30)2)33(44)41(20-9-7-12-31(42)43)29-11-6-8-19-36-29;1-5(2,3)4/h6,8,11,13-19,22,37H,3-5,7,9-10,12,20-21,23H2,1-2H3,(H,42,43)(H2,35,39,45);1H3,(H,2,3,4). The first-order chi connectivity index (χ1) is 24.3. The maximum atomic E-state index is 13.6. The third kappa shape index (κ3) is 13.8. The molecule has 2 aromatic heterocycles. The second-order valence-corrected chi connectivity index (χ2v) is 13.1. The number of carboxylic acids is 1. The predicted molar refractivity (Wildman–Crippen MR) is 196 cm³/mol. The lowest BCUT2D eigenvalue weighted by Gasteiger charge is -2.21.